The highest BCUT2D eigenvalue weighted by atomic mass is 35.5. The summed E-state index contributed by atoms with van der Waals surface area (Å²) in [6, 6.07) is 7.81. The van der Waals surface area contributed by atoms with Gasteiger partial charge in [0.05, 0.1) is 24.9 Å². The molecule has 0 saturated carbocycles. The van der Waals surface area contributed by atoms with Crippen LogP contribution in [-0.2, 0) is 4.74 Å². The number of halogens is 1. The minimum absolute atomic E-state index is 0.000775. The Balaban J connectivity index is 1.72. The van der Waals surface area contributed by atoms with Crippen LogP contribution in [0.5, 0.6) is 0 Å². The molecule has 1 saturated heterocycles. The standard InChI is InChI=1S/C17H20ClN3O2/c1-12(2)21-10-14(9-19-21)17(22)20-7-8-23-16(11-20)13-3-5-15(18)6-4-13/h3-6,9-10,12,16H,7-8,11H2,1-2H3/t16-/m0/s1. The number of ether oxygens (including phenoxy) is 1. The van der Waals surface area contributed by atoms with Gasteiger partial charge in [-0.3, -0.25) is 9.48 Å². The Kier molecular flexibility index (Phi) is 4.68. The third-order valence-electron chi connectivity index (χ3n) is 3.97. The van der Waals surface area contributed by atoms with Crippen LogP contribution in [-0.4, -0.2) is 40.3 Å². The minimum atomic E-state index is -0.120. The number of amides is 1. The zero-order chi connectivity index (χ0) is 16.4. The number of hydrogen-bond acceptors (Lipinski definition) is 3. The molecule has 2 aromatic rings. The number of morpholine rings is 1. The van der Waals surface area contributed by atoms with E-state index in [1.165, 1.54) is 0 Å². The summed E-state index contributed by atoms with van der Waals surface area (Å²) in [6.45, 7) is 5.72. The van der Waals surface area contributed by atoms with E-state index in [4.69, 9.17) is 16.3 Å². The van der Waals surface area contributed by atoms with E-state index in [9.17, 15) is 4.79 Å². The Labute approximate surface area is 140 Å². The van der Waals surface area contributed by atoms with E-state index in [2.05, 4.69) is 5.10 Å². The van der Waals surface area contributed by atoms with Crippen LogP contribution in [0.1, 0.15) is 41.9 Å². The summed E-state index contributed by atoms with van der Waals surface area (Å²) in [4.78, 5) is 14.5. The van der Waals surface area contributed by atoms with Gasteiger partial charge in [-0.1, -0.05) is 23.7 Å². The number of benzene rings is 1. The number of carbonyl (C=O) groups is 1. The second-order valence-electron chi connectivity index (χ2n) is 5.96. The molecule has 5 nitrogen and oxygen atoms in total. The molecule has 1 aromatic heterocycles. The van der Waals surface area contributed by atoms with Gasteiger partial charge in [-0.05, 0) is 31.5 Å². The van der Waals surface area contributed by atoms with Gasteiger partial charge in [0.25, 0.3) is 5.91 Å². The quantitative estimate of drug-likeness (QED) is 0.865. The number of nitrogens with zero attached hydrogens (tertiary/aromatic N) is 3. The van der Waals surface area contributed by atoms with Crippen molar-refractivity contribution in [2.45, 2.75) is 26.0 Å². The van der Waals surface area contributed by atoms with Crippen molar-refractivity contribution in [3.05, 3.63) is 52.8 Å². The van der Waals surface area contributed by atoms with Crippen molar-refractivity contribution in [2.24, 2.45) is 0 Å². The number of aromatic nitrogens is 2. The summed E-state index contributed by atoms with van der Waals surface area (Å²) in [6.07, 6.45) is 3.32. The van der Waals surface area contributed by atoms with Crippen molar-refractivity contribution >= 4 is 17.5 Å². The van der Waals surface area contributed by atoms with Crippen LogP contribution >= 0.6 is 11.6 Å². The highest BCUT2D eigenvalue weighted by molar-refractivity contribution is 6.30. The molecule has 23 heavy (non-hydrogen) atoms. The number of hydrogen-bond donors (Lipinski definition) is 0. The Bertz CT molecular complexity index is 681. The lowest BCUT2D eigenvalue weighted by molar-refractivity contribution is -0.0228. The first kappa shape index (κ1) is 16.0. The normalized spacial score (nSPS) is 18.4. The fourth-order valence-electron chi connectivity index (χ4n) is 2.63. The van der Waals surface area contributed by atoms with Crippen LogP contribution in [0.2, 0.25) is 5.02 Å². The summed E-state index contributed by atoms with van der Waals surface area (Å²) < 4.78 is 7.60. The average Bonchev–Trinajstić information content (AvgIpc) is 3.05. The van der Waals surface area contributed by atoms with Gasteiger partial charge in [0.2, 0.25) is 0 Å². The fraction of sp³-hybridized carbons (Fsp3) is 0.412. The summed E-state index contributed by atoms with van der Waals surface area (Å²) in [5, 5.41) is 4.93. The van der Waals surface area contributed by atoms with Gasteiger partial charge >= 0.3 is 0 Å². The molecule has 122 valence electrons. The smallest absolute Gasteiger partial charge is 0.257 e. The van der Waals surface area contributed by atoms with Gasteiger partial charge in [0.1, 0.15) is 6.10 Å². The number of rotatable bonds is 3. The Morgan fingerprint density at radius 3 is 2.74 bits per heavy atom. The van der Waals surface area contributed by atoms with E-state index in [1.807, 2.05) is 43.0 Å². The Hall–Kier alpha value is -1.85. The lowest BCUT2D eigenvalue weighted by atomic mass is 10.1. The van der Waals surface area contributed by atoms with Crippen molar-refractivity contribution in [2.75, 3.05) is 19.7 Å². The fourth-order valence-corrected chi connectivity index (χ4v) is 2.75. The molecular formula is C17H20ClN3O2. The molecule has 0 unspecified atom stereocenters. The molecule has 0 spiro atoms. The Morgan fingerprint density at radius 1 is 1.35 bits per heavy atom. The molecule has 1 atom stereocenters. The summed E-state index contributed by atoms with van der Waals surface area (Å²) >= 11 is 5.92. The lowest BCUT2D eigenvalue weighted by Gasteiger charge is -2.33. The summed E-state index contributed by atoms with van der Waals surface area (Å²) in [7, 11) is 0. The molecule has 1 aromatic carbocycles. The SMILES string of the molecule is CC(C)n1cc(C(=O)N2CCO[C@H](c3ccc(Cl)cc3)C2)cn1. The molecule has 1 aliphatic heterocycles. The van der Waals surface area contributed by atoms with Crippen LogP contribution in [0.25, 0.3) is 0 Å². The molecule has 0 radical (unpaired) electrons. The predicted molar refractivity (Wildman–Crippen MR) is 88.7 cm³/mol. The van der Waals surface area contributed by atoms with E-state index in [1.54, 1.807) is 17.1 Å². The van der Waals surface area contributed by atoms with Crippen LogP contribution in [0.4, 0.5) is 0 Å². The first-order valence-corrected chi connectivity index (χ1v) is 8.13. The molecule has 3 rings (SSSR count). The molecular weight excluding hydrogens is 314 g/mol. The van der Waals surface area contributed by atoms with Crippen molar-refractivity contribution in [3.8, 4) is 0 Å². The van der Waals surface area contributed by atoms with Gasteiger partial charge in [-0.2, -0.15) is 5.10 Å². The third kappa shape index (κ3) is 3.57. The van der Waals surface area contributed by atoms with Gasteiger partial charge < -0.3 is 9.64 Å². The highest BCUT2D eigenvalue weighted by Crippen LogP contribution is 2.24. The first-order chi connectivity index (χ1) is 11.0. The second-order valence-corrected chi connectivity index (χ2v) is 6.40. The maximum Gasteiger partial charge on any atom is 0.257 e. The summed E-state index contributed by atoms with van der Waals surface area (Å²) in [5.41, 5.74) is 1.65. The van der Waals surface area contributed by atoms with E-state index in [-0.39, 0.29) is 18.1 Å². The average molecular weight is 334 g/mol. The van der Waals surface area contributed by atoms with Gasteiger partial charge in [-0.15, -0.1) is 0 Å². The van der Waals surface area contributed by atoms with E-state index < -0.39 is 0 Å². The van der Waals surface area contributed by atoms with Crippen LogP contribution < -0.4 is 0 Å². The second kappa shape index (κ2) is 6.72. The van der Waals surface area contributed by atoms with Crippen LogP contribution in [0.15, 0.2) is 36.7 Å². The van der Waals surface area contributed by atoms with E-state index in [0.29, 0.717) is 30.3 Å². The molecule has 0 N–H and O–H groups in total. The highest BCUT2D eigenvalue weighted by Gasteiger charge is 2.26. The molecule has 1 fully saturated rings. The topological polar surface area (TPSA) is 47.4 Å². The lowest BCUT2D eigenvalue weighted by Crippen LogP contribution is -2.42. The predicted octanol–water partition coefficient (Wildman–Crippen LogP) is 3.33. The molecule has 0 bridgehead atoms. The Morgan fingerprint density at radius 2 is 2.09 bits per heavy atom. The largest absolute Gasteiger partial charge is 0.370 e. The third-order valence-corrected chi connectivity index (χ3v) is 4.22. The van der Waals surface area contributed by atoms with E-state index >= 15 is 0 Å². The minimum Gasteiger partial charge on any atom is -0.370 e. The monoisotopic (exact) mass is 333 g/mol. The summed E-state index contributed by atoms with van der Waals surface area (Å²) in [5.74, 6) is -0.000775. The molecule has 6 heteroatoms. The molecule has 1 amide bonds. The number of carbonyl (C=O) groups excluding carboxylic acids is 1. The maximum absolute atomic E-state index is 12.7. The molecule has 2 heterocycles. The van der Waals surface area contributed by atoms with Crippen molar-refractivity contribution in [1.82, 2.24) is 14.7 Å². The van der Waals surface area contributed by atoms with Crippen molar-refractivity contribution < 1.29 is 9.53 Å². The van der Waals surface area contributed by atoms with Gasteiger partial charge in [0.15, 0.2) is 0 Å². The zero-order valence-corrected chi connectivity index (χ0v) is 14.0. The van der Waals surface area contributed by atoms with Crippen molar-refractivity contribution in [3.63, 3.8) is 0 Å². The van der Waals surface area contributed by atoms with Crippen LogP contribution in [0, 0.1) is 0 Å². The van der Waals surface area contributed by atoms with Crippen molar-refractivity contribution in [1.29, 1.82) is 0 Å². The van der Waals surface area contributed by atoms with Crippen LogP contribution in [0.3, 0.4) is 0 Å². The zero-order valence-electron chi connectivity index (χ0n) is 13.3. The van der Waals surface area contributed by atoms with Gasteiger partial charge in [0, 0.05) is 23.8 Å². The van der Waals surface area contributed by atoms with E-state index in [0.717, 1.165) is 5.56 Å². The molecule has 0 aliphatic carbocycles. The van der Waals surface area contributed by atoms with Gasteiger partial charge in [-0.25, -0.2) is 0 Å². The maximum atomic E-state index is 12.7. The first-order valence-electron chi connectivity index (χ1n) is 7.75. The molecule has 1 aliphatic rings.